The van der Waals surface area contributed by atoms with Gasteiger partial charge in [0.25, 0.3) is 0 Å². The number of carboxylic acids is 1. The average molecular weight is 216 g/mol. The first kappa shape index (κ1) is 14.1. The minimum absolute atomic E-state index is 0.265. The van der Waals surface area contributed by atoms with Crippen LogP contribution in [0.1, 0.15) is 33.1 Å². The van der Waals surface area contributed by atoms with E-state index < -0.39 is 24.0 Å². The number of aliphatic carboxylic acids is 1. The normalized spacial score (nSPS) is 16.8. The van der Waals surface area contributed by atoms with E-state index in [0.717, 1.165) is 12.8 Å². The Hall–Kier alpha value is -0.940. The lowest BCUT2D eigenvalue weighted by molar-refractivity contribution is -0.143. The summed E-state index contributed by atoms with van der Waals surface area (Å²) in [6.07, 6.45) is 2.17. The van der Waals surface area contributed by atoms with E-state index in [1.54, 1.807) is 6.92 Å². The van der Waals surface area contributed by atoms with E-state index in [9.17, 15) is 9.59 Å². The number of carbonyl (C=O) groups is 2. The number of hydrogen-bond acceptors (Lipinski definition) is 4. The van der Waals surface area contributed by atoms with Crippen LogP contribution in [0.5, 0.6) is 0 Å². The third kappa shape index (κ3) is 4.40. The first-order valence-electron chi connectivity index (χ1n) is 5.19. The van der Waals surface area contributed by atoms with Crippen LogP contribution in [0.2, 0.25) is 0 Å². The fourth-order valence-corrected chi connectivity index (χ4v) is 1.43. The zero-order chi connectivity index (χ0) is 12.0. The van der Waals surface area contributed by atoms with Crippen LogP contribution in [-0.4, -0.2) is 28.9 Å². The van der Waals surface area contributed by atoms with Crippen molar-refractivity contribution in [2.24, 2.45) is 17.4 Å². The Kier molecular flexibility index (Phi) is 6.12. The summed E-state index contributed by atoms with van der Waals surface area (Å²) >= 11 is 0. The second-order valence-electron chi connectivity index (χ2n) is 3.80. The molecule has 0 aliphatic carbocycles. The molecule has 88 valence electrons. The third-order valence-electron chi connectivity index (χ3n) is 2.40. The molecule has 0 saturated heterocycles. The summed E-state index contributed by atoms with van der Waals surface area (Å²) < 4.78 is 0. The van der Waals surface area contributed by atoms with Crippen molar-refractivity contribution in [3.8, 4) is 0 Å². The van der Waals surface area contributed by atoms with E-state index in [-0.39, 0.29) is 5.78 Å². The van der Waals surface area contributed by atoms with Gasteiger partial charge in [0, 0.05) is 5.92 Å². The molecule has 0 heterocycles. The molecule has 0 aromatic heterocycles. The molecule has 5 heteroatoms. The maximum absolute atomic E-state index is 11.6. The molecule has 0 fully saturated rings. The van der Waals surface area contributed by atoms with E-state index >= 15 is 0 Å². The standard InChI is InChI=1S/C10H20N2O3/c1-3-4-5-7(8(12)10(14)15)9(13)6(2)11/h6-8H,3-5,11-12H2,1-2H3,(H,14,15)/t6?,7?,8-/m0/s1. The van der Waals surface area contributed by atoms with Crippen molar-refractivity contribution in [3.05, 3.63) is 0 Å². The van der Waals surface area contributed by atoms with E-state index in [0.29, 0.717) is 6.42 Å². The number of hydrogen-bond donors (Lipinski definition) is 3. The highest BCUT2D eigenvalue weighted by Crippen LogP contribution is 2.15. The predicted octanol–water partition coefficient (Wildman–Crippen LogP) is 0.121. The maximum Gasteiger partial charge on any atom is 0.321 e. The Morgan fingerprint density at radius 3 is 2.20 bits per heavy atom. The molecule has 2 unspecified atom stereocenters. The number of ketones is 1. The predicted molar refractivity (Wildman–Crippen MR) is 57.3 cm³/mol. The van der Waals surface area contributed by atoms with Gasteiger partial charge in [0.05, 0.1) is 6.04 Å². The molecule has 0 aliphatic heterocycles. The van der Waals surface area contributed by atoms with Crippen molar-refractivity contribution in [3.63, 3.8) is 0 Å². The molecule has 0 bridgehead atoms. The molecule has 0 saturated carbocycles. The zero-order valence-electron chi connectivity index (χ0n) is 9.27. The van der Waals surface area contributed by atoms with Crippen molar-refractivity contribution in [1.82, 2.24) is 0 Å². The first-order valence-corrected chi connectivity index (χ1v) is 5.19. The summed E-state index contributed by atoms with van der Waals surface area (Å²) in [6, 6.07) is -1.80. The average Bonchev–Trinajstić information content (AvgIpc) is 2.17. The summed E-state index contributed by atoms with van der Waals surface area (Å²) in [4.78, 5) is 22.3. The van der Waals surface area contributed by atoms with Crippen LogP contribution in [0.25, 0.3) is 0 Å². The smallest absolute Gasteiger partial charge is 0.321 e. The van der Waals surface area contributed by atoms with Crippen LogP contribution in [0, 0.1) is 5.92 Å². The van der Waals surface area contributed by atoms with Gasteiger partial charge in [-0.2, -0.15) is 0 Å². The summed E-state index contributed by atoms with van der Waals surface area (Å²) in [5, 5.41) is 8.76. The van der Waals surface area contributed by atoms with E-state index in [1.807, 2.05) is 6.92 Å². The highest BCUT2D eigenvalue weighted by molar-refractivity contribution is 5.91. The number of nitrogens with two attached hydrogens (primary N) is 2. The molecule has 0 radical (unpaired) electrons. The van der Waals surface area contributed by atoms with Crippen LogP contribution in [0.4, 0.5) is 0 Å². The lowest BCUT2D eigenvalue weighted by Crippen LogP contribution is -2.46. The fraction of sp³-hybridized carbons (Fsp3) is 0.800. The molecule has 0 amide bonds. The number of Topliss-reactive ketones (excluding diaryl/α,β-unsaturated/α-hetero) is 1. The number of carbonyl (C=O) groups excluding carboxylic acids is 1. The number of rotatable bonds is 7. The Bertz CT molecular complexity index is 229. The molecule has 15 heavy (non-hydrogen) atoms. The van der Waals surface area contributed by atoms with Crippen LogP contribution in [0.3, 0.4) is 0 Å². The van der Waals surface area contributed by atoms with Gasteiger partial charge < -0.3 is 16.6 Å². The van der Waals surface area contributed by atoms with Crippen LogP contribution in [0.15, 0.2) is 0 Å². The van der Waals surface area contributed by atoms with Crippen molar-refractivity contribution in [1.29, 1.82) is 0 Å². The van der Waals surface area contributed by atoms with Gasteiger partial charge in [-0.3, -0.25) is 9.59 Å². The summed E-state index contributed by atoms with van der Waals surface area (Å²) in [7, 11) is 0. The second kappa shape index (κ2) is 6.53. The quantitative estimate of drug-likeness (QED) is 0.560. The highest BCUT2D eigenvalue weighted by atomic mass is 16.4. The minimum Gasteiger partial charge on any atom is -0.480 e. The van der Waals surface area contributed by atoms with E-state index in [4.69, 9.17) is 16.6 Å². The molecular formula is C10H20N2O3. The monoisotopic (exact) mass is 216 g/mol. The third-order valence-corrected chi connectivity index (χ3v) is 2.40. The van der Waals surface area contributed by atoms with Crippen LogP contribution in [-0.2, 0) is 9.59 Å². The van der Waals surface area contributed by atoms with Gasteiger partial charge in [0.2, 0.25) is 0 Å². The fourth-order valence-electron chi connectivity index (χ4n) is 1.43. The number of carboxylic acid groups (broad SMARTS) is 1. The van der Waals surface area contributed by atoms with E-state index in [2.05, 4.69) is 0 Å². The number of unbranched alkanes of at least 4 members (excludes halogenated alkanes) is 1. The lowest BCUT2D eigenvalue weighted by Gasteiger charge is -2.21. The van der Waals surface area contributed by atoms with Gasteiger partial charge in [0.1, 0.15) is 6.04 Å². The van der Waals surface area contributed by atoms with Gasteiger partial charge >= 0.3 is 5.97 Å². The Labute approximate surface area is 89.8 Å². The summed E-state index contributed by atoms with van der Waals surface area (Å²) in [6.45, 7) is 3.52. The molecule has 0 rings (SSSR count). The largest absolute Gasteiger partial charge is 0.480 e. The van der Waals surface area contributed by atoms with Crippen molar-refractivity contribution >= 4 is 11.8 Å². The molecule has 5 nitrogen and oxygen atoms in total. The summed E-state index contributed by atoms with van der Waals surface area (Å²) in [5.74, 6) is -2.08. The van der Waals surface area contributed by atoms with Gasteiger partial charge in [-0.25, -0.2) is 0 Å². The van der Waals surface area contributed by atoms with E-state index in [1.165, 1.54) is 0 Å². The lowest BCUT2D eigenvalue weighted by atomic mass is 9.87. The molecule has 0 aliphatic rings. The SMILES string of the molecule is CCCCC(C(=O)C(C)N)[C@H](N)C(=O)O. The maximum atomic E-state index is 11.6. The molecule has 5 N–H and O–H groups in total. The van der Waals surface area contributed by atoms with Gasteiger partial charge in [-0.05, 0) is 13.3 Å². The van der Waals surface area contributed by atoms with Gasteiger partial charge in [-0.1, -0.05) is 19.8 Å². The molecule has 0 spiro atoms. The van der Waals surface area contributed by atoms with Crippen LogP contribution >= 0.6 is 0 Å². The molecule has 3 atom stereocenters. The zero-order valence-corrected chi connectivity index (χ0v) is 9.27. The Balaban J connectivity index is 4.56. The van der Waals surface area contributed by atoms with Crippen LogP contribution < -0.4 is 11.5 Å². The minimum atomic E-state index is -1.15. The molecule has 0 aromatic carbocycles. The Morgan fingerprint density at radius 2 is 1.87 bits per heavy atom. The topological polar surface area (TPSA) is 106 Å². The summed E-state index contributed by atoms with van der Waals surface area (Å²) in [5.41, 5.74) is 10.9. The highest BCUT2D eigenvalue weighted by Gasteiger charge is 2.31. The van der Waals surface area contributed by atoms with Gasteiger partial charge in [0.15, 0.2) is 5.78 Å². The molecular weight excluding hydrogens is 196 g/mol. The second-order valence-corrected chi connectivity index (χ2v) is 3.80. The molecule has 0 aromatic rings. The van der Waals surface area contributed by atoms with Crippen molar-refractivity contribution in [2.75, 3.05) is 0 Å². The van der Waals surface area contributed by atoms with Crippen molar-refractivity contribution < 1.29 is 14.7 Å². The first-order chi connectivity index (χ1) is 6.91. The van der Waals surface area contributed by atoms with Gasteiger partial charge in [-0.15, -0.1) is 0 Å². The van der Waals surface area contributed by atoms with Crippen molar-refractivity contribution in [2.45, 2.75) is 45.2 Å². The Morgan fingerprint density at radius 1 is 1.33 bits per heavy atom.